The van der Waals surface area contributed by atoms with Crippen LogP contribution in [0.25, 0.3) is 0 Å². The second kappa shape index (κ2) is 6.34. The Morgan fingerprint density at radius 2 is 1.43 bits per heavy atom. The highest BCUT2D eigenvalue weighted by molar-refractivity contribution is 5.52. The maximum Gasteiger partial charge on any atom is 0.130 e. The zero-order valence-corrected chi connectivity index (χ0v) is 14.0. The molecule has 0 aliphatic heterocycles. The first-order valence-electron chi connectivity index (χ1n) is 7.78. The van der Waals surface area contributed by atoms with Crippen LogP contribution in [0.15, 0.2) is 36.4 Å². The minimum Gasteiger partial charge on any atom is -0.457 e. The molecule has 1 nitrogen and oxygen atoms in total. The minimum atomic E-state index is 0.501. The van der Waals surface area contributed by atoms with Gasteiger partial charge in [0.1, 0.15) is 11.5 Å². The number of para-hydroxylation sites is 1. The van der Waals surface area contributed by atoms with Gasteiger partial charge in [0.2, 0.25) is 0 Å². The summed E-state index contributed by atoms with van der Waals surface area (Å²) in [6.45, 7) is 13.4. The van der Waals surface area contributed by atoms with Gasteiger partial charge in [-0.05, 0) is 66.1 Å². The number of rotatable bonds is 4. The average Bonchev–Trinajstić information content (AvgIpc) is 2.42. The molecular weight excluding hydrogens is 256 g/mol. The van der Waals surface area contributed by atoms with E-state index in [1.54, 1.807) is 0 Å². The van der Waals surface area contributed by atoms with Crippen LogP contribution in [0.5, 0.6) is 11.5 Å². The highest BCUT2D eigenvalue weighted by Gasteiger charge is 2.17. The summed E-state index contributed by atoms with van der Waals surface area (Å²) < 4.78 is 6.15. The van der Waals surface area contributed by atoms with E-state index in [1.807, 2.05) is 30.3 Å². The first kappa shape index (κ1) is 15.6. The molecule has 0 N–H and O–H groups in total. The third-order valence-corrected chi connectivity index (χ3v) is 4.07. The molecule has 0 unspecified atom stereocenters. The van der Waals surface area contributed by atoms with E-state index in [1.165, 1.54) is 22.3 Å². The Labute approximate surface area is 129 Å². The molecule has 21 heavy (non-hydrogen) atoms. The summed E-state index contributed by atoms with van der Waals surface area (Å²) in [5.41, 5.74) is 5.48. The molecule has 0 heterocycles. The van der Waals surface area contributed by atoms with E-state index in [2.05, 4.69) is 47.6 Å². The molecule has 0 bridgehead atoms. The van der Waals surface area contributed by atoms with Crippen LogP contribution in [-0.4, -0.2) is 0 Å². The molecule has 1 heteroatoms. The maximum absolute atomic E-state index is 6.15. The number of ether oxygens (including phenoxy) is 1. The first-order valence-corrected chi connectivity index (χ1v) is 7.78. The molecule has 2 aromatic rings. The Kier molecular flexibility index (Phi) is 4.72. The summed E-state index contributed by atoms with van der Waals surface area (Å²) in [6.07, 6.45) is 0. The van der Waals surface area contributed by atoms with Crippen molar-refractivity contribution in [1.29, 1.82) is 0 Å². The van der Waals surface area contributed by atoms with Crippen molar-refractivity contribution in [3.8, 4) is 11.5 Å². The summed E-state index contributed by atoms with van der Waals surface area (Å²) in [7, 11) is 0. The third-order valence-electron chi connectivity index (χ3n) is 4.07. The fourth-order valence-electron chi connectivity index (χ4n) is 3.11. The molecule has 0 fully saturated rings. The highest BCUT2D eigenvalue weighted by Crippen LogP contribution is 2.37. The van der Waals surface area contributed by atoms with Crippen molar-refractivity contribution in [2.75, 3.05) is 0 Å². The van der Waals surface area contributed by atoms with E-state index in [9.17, 15) is 0 Å². The lowest BCUT2D eigenvalue weighted by molar-refractivity contribution is 0.476. The van der Waals surface area contributed by atoms with E-state index in [0.29, 0.717) is 11.8 Å². The molecule has 0 radical (unpaired) electrons. The van der Waals surface area contributed by atoms with Gasteiger partial charge in [0.15, 0.2) is 0 Å². The van der Waals surface area contributed by atoms with Crippen LogP contribution in [0.1, 0.15) is 61.8 Å². The van der Waals surface area contributed by atoms with E-state index in [0.717, 1.165) is 11.5 Å². The number of hydrogen-bond acceptors (Lipinski definition) is 1. The van der Waals surface area contributed by atoms with Gasteiger partial charge >= 0.3 is 0 Å². The molecule has 0 spiro atoms. The van der Waals surface area contributed by atoms with Gasteiger partial charge in [-0.3, -0.25) is 0 Å². The standard InChI is InChI=1S/C20H26O/c1-13(2)18-12-19(21-17-10-8-7-9-11-17)16(6)20(14(3)4)15(18)5/h7-14H,1-6H3. The van der Waals surface area contributed by atoms with Crippen LogP contribution >= 0.6 is 0 Å². The Balaban J connectivity index is 2.55. The summed E-state index contributed by atoms with van der Waals surface area (Å²) in [6, 6.07) is 12.2. The Morgan fingerprint density at radius 3 is 1.95 bits per heavy atom. The Hall–Kier alpha value is -1.76. The van der Waals surface area contributed by atoms with E-state index in [4.69, 9.17) is 4.74 Å². The van der Waals surface area contributed by atoms with Gasteiger partial charge in [-0.2, -0.15) is 0 Å². The van der Waals surface area contributed by atoms with Crippen LogP contribution in [0.2, 0.25) is 0 Å². The summed E-state index contributed by atoms with van der Waals surface area (Å²) >= 11 is 0. The molecule has 0 atom stereocenters. The molecule has 112 valence electrons. The molecule has 2 rings (SSSR count). The molecule has 2 aromatic carbocycles. The lowest BCUT2D eigenvalue weighted by atomic mass is 9.86. The second-order valence-corrected chi connectivity index (χ2v) is 6.35. The van der Waals surface area contributed by atoms with Crippen molar-refractivity contribution >= 4 is 0 Å². The van der Waals surface area contributed by atoms with Crippen LogP contribution in [0.4, 0.5) is 0 Å². The number of hydrogen-bond donors (Lipinski definition) is 0. The molecule has 0 aliphatic rings. The van der Waals surface area contributed by atoms with Gasteiger partial charge in [-0.15, -0.1) is 0 Å². The minimum absolute atomic E-state index is 0.501. The van der Waals surface area contributed by atoms with Crippen molar-refractivity contribution < 1.29 is 4.74 Å². The van der Waals surface area contributed by atoms with Crippen LogP contribution < -0.4 is 4.74 Å². The van der Waals surface area contributed by atoms with E-state index >= 15 is 0 Å². The second-order valence-electron chi connectivity index (χ2n) is 6.35. The van der Waals surface area contributed by atoms with Crippen LogP contribution in [0.3, 0.4) is 0 Å². The van der Waals surface area contributed by atoms with E-state index in [-0.39, 0.29) is 0 Å². The van der Waals surface area contributed by atoms with Gasteiger partial charge in [-0.1, -0.05) is 45.9 Å². The average molecular weight is 282 g/mol. The summed E-state index contributed by atoms with van der Waals surface area (Å²) in [5.74, 6) is 2.89. The van der Waals surface area contributed by atoms with Crippen molar-refractivity contribution in [2.45, 2.75) is 53.4 Å². The van der Waals surface area contributed by atoms with Gasteiger partial charge in [0.25, 0.3) is 0 Å². The van der Waals surface area contributed by atoms with Gasteiger partial charge in [0, 0.05) is 0 Å². The topological polar surface area (TPSA) is 9.23 Å². The molecule has 0 aliphatic carbocycles. The Morgan fingerprint density at radius 1 is 0.810 bits per heavy atom. The molecule has 0 aromatic heterocycles. The molecule has 0 saturated heterocycles. The highest BCUT2D eigenvalue weighted by atomic mass is 16.5. The summed E-state index contributed by atoms with van der Waals surface area (Å²) in [4.78, 5) is 0. The monoisotopic (exact) mass is 282 g/mol. The van der Waals surface area contributed by atoms with Crippen LogP contribution in [-0.2, 0) is 0 Å². The van der Waals surface area contributed by atoms with Crippen molar-refractivity contribution in [3.63, 3.8) is 0 Å². The zero-order valence-electron chi connectivity index (χ0n) is 14.0. The zero-order chi connectivity index (χ0) is 15.6. The van der Waals surface area contributed by atoms with Crippen molar-refractivity contribution in [3.05, 3.63) is 58.7 Å². The smallest absolute Gasteiger partial charge is 0.130 e. The molecular formula is C20H26O. The molecule has 0 amide bonds. The predicted octanol–water partition coefficient (Wildman–Crippen LogP) is 6.34. The van der Waals surface area contributed by atoms with Gasteiger partial charge < -0.3 is 4.74 Å². The number of benzene rings is 2. The quantitative estimate of drug-likeness (QED) is 0.635. The van der Waals surface area contributed by atoms with E-state index < -0.39 is 0 Å². The van der Waals surface area contributed by atoms with Gasteiger partial charge in [0.05, 0.1) is 0 Å². The van der Waals surface area contributed by atoms with Gasteiger partial charge in [-0.25, -0.2) is 0 Å². The van der Waals surface area contributed by atoms with Crippen molar-refractivity contribution in [2.24, 2.45) is 0 Å². The van der Waals surface area contributed by atoms with Crippen molar-refractivity contribution in [1.82, 2.24) is 0 Å². The lowest BCUT2D eigenvalue weighted by Crippen LogP contribution is -2.04. The lowest BCUT2D eigenvalue weighted by Gasteiger charge is -2.22. The summed E-state index contributed by atoms with van der Waals surface area (Å²) in [5, 5.41) is 0. The first-order chi connectivity index (χ1) is 9.91. The normalized spacial score (nSPS) is 11.2. The largest absolute Gasteiger partial charge is 0.457 e. The maximum atomic E-state index is 6.15. The van der Waals surface area contributed by atoms with Crippen LogP contribution in [0, 0.1) is 13.8 Å². The fourth-order valence-corrected chi connectivity index (χ4v) is 3.11. The predicted molar refractivity (Wildman–Crippen MR) is 90.6 cm³/mol. The fraction of sp³-hybridized carbons (Fsp3) is 0.400. The molecule has 0 saturated carbocycles. The Bertz CT molecular complexity index is 609. The third kappa shape index (κ3) is 3.29. The SMILES string of the molecule is Cc1c(Oc2ccccc2)cc(C(C)C)c(C)c1C(C)C.